The molecule has 20 heavy (non-hydrogen) atoms. The number of rotatable bonds is 6. The molecule has 1 aromatic heterocycles. The molecule has 0 saturated carbocycles. The van der Waals surface area contributed by atoms with E-state index in [4.69, 9.17) is 0 Å². The van der Waals surface area contributed by atoms with Gasteiger partial charge in [-0.2, -0.15) is 0 Å². The minimum absolute atomic E-state index is 0.159. The van der Waals surface area contributed by atoms with Gasteiger partial charge in [0, 0.05) is 6.07 Å². The zero-order chi connectivity index (χ0) is 15.5. The Labute approximate surface area is 114 Å². The summed E-state index contributed by atoms with van der Waals surface area (Å²) in [5.41, 5.74) is -2.41. The van der Waals surface area contributed by atoms with Crippen molar-refractivity contribution in [2.75, 3.05) is 0 Å². The van der Waals surface area contributed by atoms with Gasteiger partial charge in [0.15, 0.2) is 0 Å². The first-order chi connectivity index (χ1) is 9.31. The van der Waals surface area contributed by atoms with Crippen molar-refractivity contribution in [3.05, 3.63) is 33.6 Å². The summed E-state index contributed by atoms with van der Waals surface area (Å²) in [6, 6.07) is 1.17. The van der Waals surface area contributed by atoms with Crippen LogP contribution in [0.5, 0.6) is 0 Å². The molecular weight excluding hydrogens is 268 g/mol. The van der Waals surface area contributed by atoms with Gasteiger partial charge in [-0.15, -0.1) is 0 Å². The van der Waals surface area contributed by atoms with E-state index in [0.717, 1.165) is 6.20 Å². The number of aromatic nitrogens is 1. The van der Waals surface area contributed by atoms with Crippen LogP contribution >= 0.6 is 0 Å². The van der Waals surface area contributed by atoms with Gasteiger partial charge in [-0.05, 0) is 18.4 Å². The molecule has 1 heterocycles. The molecule has 0 unspecified atom stereocenters. The van der Waals surface area contributed by atoms with Crippen LogP contribution in [0.3, 0.4) is 0 Å². The average molecular weight is 282 g/mol. The molecule has 0 saturated heterocycles. The maximum Gasteiger partial charge on any atom is 0.327 e. The summed E-state index contributed by atoms with van der Waals surface area (Å²) < 4.78 is 0. The number of aliphatic carboxylic acids is 2. The van der Waals surface area contributed by atoms with Crippen LogP contribution in [0, 0.1) is 10.1 Å². The van der Waals surface area contributed by atoms with Crippen LogP contribution in [-0.4, -0.2) is 32.1 Å². The first kappa shape index (κ1) is 15.5. The van der Waals surface area contributed by atoms with Gasteiger partial charge in [-0.25, -0.2) is 0 Å². The minimum Gasteiger partial charge on any atom is -0.480 e. The highest BCUT2D eigenvalue weighted by Gasteiger charge is 2.49. The molecule has 0 aliphatic heterocycles. The Balaban J connectivity index is 3.61. The van der Waals surface area contributed by atoms with Crippen LogP contribution in [-0.2, 0) is 21.4 Å². The molecule has 0 bridgehead atoms. The van der Waals surface area contributed by atoms with Crippen molar-refractivity contribution >= 4 is 17.6 Å². The van der Waals surface area contributed by atoms with E-state index in [1.807, 2.05) is 0 Å². The van der Waals surface area contributed by atoms with Crippen molar-refractivity contribution in [2.45, 2.75) is 32.1 Å². The van der Waals surface area contributed by atoms with Gasteiger partial charge >= 0.3 is 11.9 Å². The lowest BCUT2D eigenvalue weighted by atomic mass is 9.79. The second-order valence-electron chi connectivity index (χ2n) is 4.18. The maximum absolute atomic E-state index is 11.4. The van der Waals surface area contributed by atoms with Crippen LogP contribution in [0.2, 0.25) is 0 Å². The lowest BCUT2D eigenvalue weighted by molar-refractivity contribution is -0.385. The number of carbonyl (C=O) groups is 2. The van der Waals surface area contributed by atoms with Gasteiger partial charge in [-0.1, -0.05) is 13.8 Å². The number of hydrogen-bond donors (Lipinski definition) is 2. The topological polar surface area (TPSA) is 131 Å². The summed E-state index contributed by atoms with van der Waals surface area (Å²) in [7, 11) is 0. The summed E-state index contributed by atoms with van der Waals surface area (Å²) in [6.45, 7) is 3.07. The summed E-state index contributed by atoms with van der Waals surface area (Å²) in [5, 5.41) is 29.3. The van der Waals surface area contributed by atoms with E-state index in [1.54, 1.807) is 6.92 Å². The van der Waals surface area contributed by atoms with Crippen LogP contribution in [0.15, 0.2) is 12.3 Å². The molecule has 8 heteroatoms. The van der Waals surface area contributed by atoms with E-state index in [9.17, 15) is 29.9 Å². The van der Waals surface area contributed by atoms with E-state index in [1.165, 1.54) is 13.0 Å². The monoisotopic (exact) mass is 282 g/mol. The predicted octanol–water partition coefficient (Wildman–Crippen LogP) is 1.37. The van der Waals surface area contributed by atoms with Gasteiger partial charge in [0.2, 0.25) is 5.41 Å². The first-order valence-corrected chi connectivity index (χ1v) is 5.91. The highest BCUT2D eigenvalue weighted by molar-refractivity contribution is 6.04. The Hall–Kier alpha value is -2.51. The Morgan fingerprint density at radius 3 is 2.25 bits per heavy atom. The predicted molar refractivity (Wildman–Crippen MR) is 67.5 cm³/mol. The largest absolute Gasteiger partial charge is 0.480 e. The fraction of sp³-hybridized carbons (Fsp3) is 0.417. The van der Waals surface area contributed by atoms with Crippen molar-refractivity contribution in [3.63, 3.8) is 0 Å². The SMILES string of the molecule is CCc1cc([N+](=O)[O-])cnc1C(CC)(C(=O)O)C(=O)O. The normalized spacial score (nSPS) is 11.1. The van der Waals surface area contributed by atoms with Crippen molar-refractivity contribution in [1.29, 1.82) is 0 Å². The number of aryl methyl sites for hydroxylation is 1. The summed E-state index contributed by atoms with van der Waals surface area (Å²) >= 11 is 0. The summed E-state index contributed by atoms with van der Waals surface area (Å²) in [4.78, 5) is 36.6. The minimum atomic E-state index is -2.19. The fourth-order valence-electron chi connectivity index (χ4n) is 2.02. The van der Waals surface area contributed by atoms with Gasteiger partial charge in [-0.3, -0.25) is 24.7 Å². The zero-order valence-corrected chi connectivity index (χ0v) is 11.0. The molecule has 8 nitrogen and oxygen atoms in total. The highest BCUT2D eigenvalue weighted by Crippen LogP contribution is 2.32. The van der Waals surface area contributed by atoms with Gasteiger partial charge in [0.25, 0.3) is 5.69 Å². The Morgan fingerprint density at radius 1 is 1.35 bits per heavy atom. The Kier molecular flexibility index (Phi) is 4.38. The van der Waals surface area contributed by atoms with Gasteiger partial charge in [0.1, 0.15) is 6.20 Å². The second-order valence-corrected chi connectivity index (χ2v) is 4.18. The van der Waals surface area contributed by atoms with Crippen LogP contribution in [0.4, 0.5) is 5.69 Å². The van der Waals surface area contributed by atoms with E-state index < -0.39 is 22.3 Å². The second kappa shape index (κ2) is 5.64. The smallest absolute Gasteiger partial charge is 0.327 e. The molecule has 0 aliphatic rings. The fourth-order valence-corrected chi connectivity index (χ4v) is 2.02. The Morgan fingerprint density at radius 2 is 1.90 bits per heavy atom. The zero-order valence-electron chi connectivity index (χ0n) is 11.0. The molecule has 2 N–H and O–H groups in total. The first-order valence-electron chi connectivity index (χ1n) is 5.91. The molecule has 0 atom stereocenters. The Bertz CT molecular complexity index is 555. The third-order valence-electron chi connectivity index (χ3n) is 3.21. The van der Waals surface area contributed by atoms with Crippen molar-refractivity contribution < 1.29 is 24.7 Å². The molecular formula is C12H14N2O6. The van der Waals surface area contributed by atoms with Crippen molar-refractivity contribution in [1.82, 2.24) is 4.98 Å². The number of carboxylic acids is 2. The third kappa shape index (κ3) is 2.31. The van der Waals surface area contributed by atoms with Crippen LogP contribution in [0.1, 0.15) is 31.5 Å². The summed E-state index contributed by atoms with van der Waals surface area (Å²) in [5.74, 6) is -3.08. The molecule has 1 rings (SSSR count). The van der Waals surface area contributed by atoms with E-state index >= 15 is 0 Å². The number of carboxylic acid groups (broad SMARTS) is 2. The maximum atomic E-state index is 11.4. The van der Waals surface area contributed by atoms with Crippen LogP contribution < -0.4 is 0 Å². The average Bonchev–Trinajstić information content (AvgIpc) is 2.39. The van der Waals surface area contributed by atoms with E-state index in [-0.39, 0.29) is 29.8 Å². The molecule has 0 radical (unpaired) electrons. The lowest BCUT2D eigenvalue weighted by Crippen LogP contribution is -2.44. The lowest BCUT2D eigenvalue weighted by Gasteiger charge is -2.24. The molecule has 0 aliphatic carbocycles. The standard InChI is InChI=1S/C12H14N2O6/c1-3-7-5-8(14(19)20)6-13-9(7)12(4-2,10(15)16)11(17)18/h5-6H,3-4H2,1-2H3,(H,15,16)(H,17,18). The number of nitrogens with zero attached hydrogens (tertiary/aromatic N) is 2. The van der Waals surface area contributed by atoms with Crippen molar-refractivity contribution in [2.24, 2.45) is 0 Å². The van der Waals surface area contributed by atoms with Gasteiger partial charge in [0.05, 0.1) is 10.6 Å². The summed E-state index contributed by atoms with van der Waals surface area (Å²) in [6.07, 6.45) is 0.909. The number of hydrogen-bond acceptors (Lipinski definition) is 5. The molecule has 0 spiro atoms. The third-order valence-corrected chi connectivity index (χ3v) is 3.21. The highest BCUT2D eigenvalue weighted by atomic mass is 16.6. The molecule has 0 amide bonds. The van der Waals surface area contributed by atoms with Crippen LogP contribution in [0.25, 0.3) is 0 Å². The number of nitro groups is 1. The molecule has 0 aromatic carbocycles. The number of pyridine rings is 1. The van der Waals surface area contributed by atoms with Gasteiger partial charge < -0.3 is 10.2 Å². The molecule has 108 valence electrons. The molecule has 0 fully saturated rings. The molecule has 1 aromatic rings. The van der Waals surface area contributed by atoms with E-state index in [2.05, 4.69) is 4.98 Å². The van der Waals surface area contributed by atoms with E-state index in [0.29, 0.717) is 0 Å². The quantitative estimate of drug-likeness (QED) is 0.457. The van der Waals surface area contributed by atoms with Crippen molar-refractivity contribution in [3.8, 4) is 0 Å².